The second-order valence-electron chi connectivity index (χ2n) is 7.69. The Hall–Kier alpha value is -1.63. The standard InChI is InChI=1S/C21H33N3O3/c1-4-26-20-9-11-23(12-10-20)15-21(25)22-18-5-7-19(8-6-18)24-13-16(2)27-17(3)14-24/h5-8,16-17,20H,4,9-15H2,1-3H3,(H,22,25)/t16-,17+. The molecule has 0 radical (unpaired) electrons. The van der Waals surface area contributed by atoms with Gasteiger partial charge in [-0.25, -0.2) is 0 Å². The normalized spacial score (nSPS) is 24.8. The van der Waals surface area contributed by atoms with Crippen LogP contribution in [0.5, 0.6) is 0 Å². The zero-order valence-electron chi connectivity index (χ0n) is 16.8. The van der Waals surface area contributed by atoms with E-state index in [1.807, 2.05) is 19.1 Å². The van der Waals surface area contributed by atoms with Gasteiger partial charge in [-0.3, -0.25) is 9.69 Å². The molecule has 1 amide bonds. The second kappa shape index (κ2) is 9.53. The first-order valence-corrected chi connectivity index (χ1v) is 10.2. The molecular weight excluding hydrogens is 342 g/mol. The van der Waals surface area contributed by atoms with Crippen molar-refractivity contribution in [3.05, 3.63) is 24.3 Å². The largest absolute Gasteiger partial charge is 0.378 e. The number of carbonyl (C=O) groups excluding carboxylic acids is 1. The zero-order chi connectivity index (χ0) is 19.2. The average molecular weight is 376 g/mol. The van der Waals surface area contributed by atoms with Crippen molar-refractivity contribution in [1.82, 2.24) is 4.90 Å². The molecule has 0 saturated carbocycles. The van der Waals surface area contributed by atoms with Crippen LogP contribution in [0.3, 0.4) is 0 Å². The molecule has 6 nitrogen and oxygen atoms in total. The van der Waals surface area contributed by atoms with Crippen molar-refractivity contribution >= 4 is 17.3 Å². The summed E-state index contributed by atoms with van der Waals surface area (Å²) in [6, 6.07) is 8.13. The summed E-state index contributed by atoms with van der Waals surface area (Å²) in [5.74, 6) is 0.0474. The first-order chi connectivity index (χ1) is 13.0. The van der Waals surface area contributed by atoms with Crippen LogP contribution in [-0.4, -0.2) is 68.4 Å². The number of hydrogen-bond donors (Lipinski definition) is 1. The third kappa shape index (κ3) is 5.92. The molecule has 2 atom stereocenters. The summed E-state index contributed by atoms with van der Waals surface area (Å²) >= 11 is 0. The van der Waals surface area contributed by atoms with Gasteiger partial charge in [0.2, 0.25) is 5.91 Å². The third-order valence-corrected chi connectivity index (χ3v) is 5.24. The fraction of sp³-hybridized carbons (Fsp3) is 0.667. The summed E-state index contributed by atoms with van der Waals surface area (Å²) < 4.78 is 11.5. The average Bonchev–Trinajstić information content (AvgIpc) is 2.63. The molecule has 150 valence electrons. The summed E-state index contributed by atoms with van der Waals surface area (Å²) in [6.45, 7) is 11.1. The lowest BCUT2D eigenvalue weighted by atomic mass is 10.1. The van der Waals surface area contributed by atoms with Crippen molar-refractivity contribution in [2.45, 2.75) is 51.9 Å². The predicted octanol–water partition coefficient (Wildman–Crippen LogP) is 2.74. The monoisotopic (exact) mass is 375 g/mol. The number of morpholine rings is 1. The van der Waals surface area contributed by atoms with Crippen molar-refractivity contribution in [3.63, 3.8) is 0 Å². The van der Waals surface area contributed by atoms with Gasteiger partial charge >= 0.3 is 0 Å². The van der Waals surface area contributed by atoms with E-state index in [0.717, 1.165) is 51.3 Å². The number of benzene rings is 1. The summed E-state index contributed by atoms with van der Waals surface area (Å²) in [6.07, 6.45) is 2.84. The summed E-state index contributed by atoms with van der Waals surface area (Å²) in [4.78, 5) is 16.9. The van der Waals surface area contributed by atoms with Crippen molar-refractivity contribution in [3.8, 4) is 0 Å². The summed E-state index contributed by atoms with van der Waals surface area (Å²) in [5.41, 5.74) is 2.02. The zero-order valence-corrected chi connectivity index (χ0v) is 16.8. The molecule has 0 aliphatic carbocycles. The number of hydrogen-bond acceptors (Lipinski definition) is 5. The third-order valence-electron chi connectivity index (χ3n) is 5.24. The minimum atomic E-state index is 0.0474. The minimum Gasteiger partial charge on any atom is -0.378 e. The Morgan fingerprint density at radius 2 is 1.78 bits per heavy atom. The smallest absolute Gasteiger partial charge is 0.238 e. The number of amides is 1. The van der Waals surface area contributed by atoms with Crippen LogP contribution >= 0.6 is 0 Å². The Balaban J connectivity index is 1.46. The number of carbonyl (C=O) groups is 1. The Morgan fingerprint density at radius 3 is 2.37 bits per heavy atom. The van der Waals surface area contributed by atoms with E-state index in [-0.39, 0.29) is 18.1 Å². The van der Waals surface area contributed by atoms with Gasteiger partial charge in [0.25, 0.3) is 0 Å². The van der Waals surface area contributed by atoms with E-state index >= 15 is 0 Å². The number of ether oxygens (including phenoxy) is 2. The first kappa shape index (κ1) is 20.1. The quantitative estimate of drug-likeness (QED) is 0.829. The van der Waals surface area contributed by atoms with Crippen LogP contribution in [-0.2, 0) is 14.3 Å². The van der Waals surface area contributed by atoms with Crippen molar-refractivity contribution in [1.29, 1.82) is 0 Å². The van der Waals surface area contributed by atoms with Crippen LogP contribution in [0.1, 0.15) is 33.6 Å². The van der Waals surface area contributed by atoms with Gasteiger partial charge < -0.3 is 19.7 Å². The van der Waals surface area contributed by atoms with Crippen LogP contribution in [0, 0.1) is 0 Å². The van der Waals surface area contributed by atoms with E-state index < -0.39 is 0 Å². The van der Waals surface area contributed by atoms with Gasteiger partial charge in [-0.05, 0) is 57.9 Å². The summed E-state index contributed by atoms with van der Waals surface area (Å²) in [7, 11) is 0. The van der Waals surface area contributed by atoms with Crippen LogP contribution in [0.4, 0.5) is 11.4 Å². The van der Waals surface area contributed by atoms with E-state index in [0.29, 0.717) is 12.6 Å². The van der Waals surface area contributed by atoms with E-state index in [1.54, 1.807) is 0 Å². The molecular formula is C21H33N3O3. The highest BCUT2D eigenvalue weighted by atomic mass is 16.5. The molecule has 2 heterocycles. The lowest BCUT2D eigenvalue weighted by Gasteiger charge is -2.36. The molecule has 0 unspecified atom stereocenters. The molecule has 2 aliphatic rings. The number of rotatable bonds is 6. The molecule has 1 aromatic rings. The molecule has 27 heavy (non-hydrogen) atoms. The molecule has 2 saturated heterocycles. The lowest BCUT2D eigenvalue weighted by molar-refractivity contribution is -0.118. The van der Waals surface area contributed by atoms with E-state index in [1.165, 1.54) is 5.69 Å². The SMILES string of the molecule is CCOC1CCN(CC(=O)Nc2ccc(N3C[C@@H](C)O[C@@H](C)C3)cc2)CC1. The Labute approximate surface area is 162 Å². The van der Waals surface area contributed by atoms with Gasteiger partial charge in [0, 0.05) is 44.2 Å². The molecule has 3 rings (SSSR count). The highest BCUT2D eigenvalue weighted by molar-refractivity contribution is 5.92. The second-order valence-corrected chi connectivity index (χ2v) is 7.69. The molecule has 2 aliphatic heterocycles. The Bertz CT molecular complexity index is 589. The highest BCUT2D eigenvalue weighted by Gasteiger charge is 2.23. The minimum absolute atomic E-state index is 0.0474. The van der Waals surface area contributed by atoms with Gasteiger partial charge in [-0.2, -0.15) is 0 Å². The molecule has 0 bridgehead atoms. The van der Waals surface area contributed by atoms with E-state index in [9.17, 15) is 4.79 Å². The number of piperidine rings is 1. The number of nitrogens with zero attached hydrogens (tertiary/aromatic N) is 2. The molecule has 6 heteroatoms. The van der Waals surface area contributed by atoms with Gasteiger partial charge in [0.15, 0.2) is 0 Å². The number of nitrogens with one attached hydrogen (secondary N) is 1. The van der Waals surface area contributed by atoms with Crippen molar-refractivity contribution < 1.29 is 14.3 Å². The fourth-order valence-electron chi connectivity index (χ4n) is 4.02. The van der Waals surface area contributed by atoms with Crippen LogP contribution in [0.25, 0.3) is 0 Å². The fourth-order valence-corrected chi connectivity index (χ4v) is 4.02. The molecule has 1 aromatic carbocycles. The van der Waals surface area contributed by atoms with E-state index in [2.05, 4.69) is 41.1 Å². The summed E-state index contributed by atoms with van der Waals surface area (Å²) in [5, 5.41) is 3.02. The Kier molecular flexibility index (Phi) is 7.10. The maximum atomic E-state index is 12.3. The highest BCUT2D eigenvalue weighted by Crippen LogP contribution is 2.22. The number of likely N-dealkylation sites (tertiary alicyclic amines) is 1. The topological polar surface area (TPSA) is 54.0 Å². The van der Waals surface area contributed by atoms with Gasteiger partial charge in [-0.1, -0.05) is 0 Å². The lowest BCUT2D eigenvalue weighted by Crippen LogP contribution is -2.45. The van der Waals surface area contributed by atoms with Gasteiger partial charge in [0.05, 0.1) is 24.9 Å². The maximum Gasteiger partial charge on any atom is 0.238 e. The van der Waals surface area contributed by atoms with Gasteiger partial charge in [-0.15, -0.1) is 0 Å². The van der Waals surface area contributed by atoms with Crippen molar-refractivity contribution in [2.24, 2.45) is 0 Å². The van der Waals surface area contributed by atoms with E-state index in [4.69, 9.17) is 9.47 Å². The van der Waals surface area contributed by atoms with Gasteiger partial charge in [0.1, 0.15) is 0 Å². The molecule has 2 fully saturated rings. The predicted molar refractivity (Wildman–Crippen MR) is 108 cm³/mol. The maximum absolute atomic E-state index is 12.3. The molecule has 1 N–H and O–H groups in total. The first-order valence-electron chi connectivity index (χ1n) is 10.2. The molecule has 0 spiro atoms. The van der Waals surface area contributed by atoms with Crippen LogP contribution in [0.15, 0.2) is 24.3 Å². The number of anilines is 2. The molecule has 0 aromatic heterocycles. The van der Waals surface area contributed by atoms with Crippen LogP contribution in [0.2, 0.25) is 0 Å². The van der Waals surface area contributed by atoms with Crippen LogP contribution < -0.4 is 10.2 Å². The Morgan fingerprint density at radius 1 is 1.15 bits per heavy atom. The van der Waals surface area contributed by atoms with Crippen molar-refractivity contribution in [2.75, 3.05) is 49.5 Å².